The Kier molecular flexibility index (Phi) is 6.11. The third-order valence-corrected chi connectivity index (χ3v) is 10.9. The molecule has 0 amide bonds. The zero-order valence-electron chi connectivity index (χ0n) is 28.1. The molecule has 0 N–H and O–H groups in total. The van der Waals surface area contributed by atoms with Crippen molar-refractivity contribution in [2.45, 2.75) is 0 Å². The van der Waals surface area contributed by atoms with Gasteiger partial charge in [-0.15, -0.1) is 0 Å². The van der Waals surface area contributed by atoms with E-state index < -0.39 is 0 Å². The number of rotatable bonds is 4. The molecule has 1 aliphatic carbocycles. The van der Waals surface area contributed by atoms with Crippen LogP contribution in [0.5, 0.6) is 0 Å². The van der Waals surface area contributed by atoms with Crippen molar-refractivity contribution in [2.24, 2.45) is 0 Å². The molecule has 0 saturated heterocycles. The number of benzene rings is 8. The van der Waals surface area contributed by atoms with Crippen LogP contribution in [0.25, 0.3) is 88.4 Å². The van der Waals surface area contributed by atoms with Crippen molar-refractivity contribution >= 4 is 49.4 Å². The number of fused-ring (bicyclic) bond motifs is 11. The number of hydrogen-bond acceptors (Lipinski definition) is 1. The van der Waals surface area contributed by atoms with Crippen molar-refractivity contribution in [3.63, 3.8) is 0 Å². The zero-order valence-corrected chi connectivity index (χ0v) is 28.1. The number of carbonyl (C=O) groups is 1. The fraction of sp³-hybridized carbons (Fsp3) is 0. The maximum absolute atomic E-state index is 15.1. The number of ketones is 1. The van der Waals surface area contributed by atoms with E-state index in [1.807, 2.05) is 12.1 Å². The van der Waals surface area contributed by atoms with Gasteiger partial charge in [-0.1, -0.05) is 133 Å². The predicted octanol–water partition coefficient (Wildman–Crippen LogP) is 12.4. The van der Waals surface area contributed by atoms with Gasteiger partial charge in [-0.05, 0) is 81.9 Å². The molecule has 242 valence electrons. The smallest absolute Gasteiger partial charge is 0.195 e. The van der Waals surface area contributed by atoms with Crippen LogP contribution in [0, 0.1) is 0 Å². The Labute approximate surface area is 300 Å². The van der Waals surface area contributed by atoms with E-state index in [9.17, 15) is 0 Å². The lowest BCUT2D eigenvalue weighted by molar-refractivity contribution is 0.104. The molecular weight excluding hydrogens is 633 g/mol. The van der Waals surface area contributed by atoms with Crippen molar-refractivity contribution in [1.82, 2.24) is 9.13 Å². The minimum atomic E-state index is 0.0875. The Morgan fingerprint density at radius 2 is 0.788 bits per heavy atom. The minimum Gasteiger partial charge on any atom is -0.309 e. The standard InChI is InChI=1S/C49H30N2O/c52-49-47-37(26-28-43-45(47)39-18-7-9-20-41(39)50(43)35-24-22-33(23-25-35)31-12-3-1-4-13-31)38-27-29-44-46(48(38)49)40-19-8-10-21-42(40)51(44)36-17-11-16-34(30-36)32-14-5-2-6-15-32/h1-30H. The molecule has 52 heavy (non-hydrogen) atoms. The van der Waals surface area contributed by atoms with Gasteiger partial charge in [0.15, 0.2) is 5.78 Å². The number of carbonyl (C=O) groups excluding carboxylic acids is 1. The lowest BCUT2D eigenvalue weighted by atomic mass is 10.0. The molecule has 0 fully saturated rings. The van der Waals surface area contributed by atoms with E-state index in [2.05, 4.69) is 179 Å². The molecule has 8 aromatic carbocycles. The average molecular weight is 663 g/mol. The van der Waals surface area contributed by atoms with E-state index >= 15 is 4.79 Å². The van der Waals surface area contributed by atoms with Gasteiger partial charge in [0.2, 0.25) is 0 Å². The molecule has 11 rings (SSSR count). The topological polar surface area (TPSA) is 26.9 Å². The monoisotopic (exact) mass is 662 g/mol. The molecule has 1 aliphatic rings. The van der Waals surface area contributed by atoms with Crippen LogP contribution in [-0.2, 0) is 0 Å². The van der Waals surface area contributed by atoms with Crippen molar-refractivity contribution < 1.29 is 4.79 Å². The van der Waals surface area contributed by atoms with Gasteiger partial charge in [0.05, 0.1) is 22.1 Å². The van der Waals surface area contributed by atoms with Gasteiger partial charge in [0.1, 0.15) is 0 Å². The largest absolute Gasteiger partial charge is 0.309 e. The molecule has 0 aliphatic heterocycles. The summed E-state index contributed by atoms with van der Waals surface area (Å²) in [5, 5.41) is 4.18. The van der Waals surface area contributed by atoms with E-state index in [0.717, 1.165) is 82.8 Å². The first-order valence-corrected chi connectivity index (χ1v) is 17.7. The van der Waals surface area contributed by atoms with Gasteiger partial charge in [-0.25, -0.2) is 0 Å². The van der Waals surface area contributed by atoms with E-state index in [-0.39, 0.29) is 5.78 Å². The summed E-state index contributed by atoms with van der Waals surface area (Å²) in [4.78, 5) is 15.1. The second-order valence-electron chi connectivity index (χ2n) is 13.6. The molecule has 0 atom stereocenters. The number of para-hydroxylation sites is 2. The summed E-state index contributed by atoms with van der Waals surface area (Å²) in [6, 6.07) is 64.0. The fourth-order valence-corrected chi connectivity index (χ4v) is 8.61. The summed E-state index contributed by atoms with van der Waals surface area (Å²) in [6.07, 6.45) is 0. The fourth-order valence-electron chi connectivity index (χ4n) is 8.61. The van der Waals surface area contributed by atoms with Crippen LogP contribution >= 0.6 is 0 Å². The Morgan fingerprint density at radius 1 is 0.327 bits per heavy atom. The zero-order chi connectivity index (χ0) is 34.3. The number of hydrogen-bond donors (Lipinski definition) is 0. The van der Waals surface area contributed by atoms with Gasteiger partial charge < -0.3 is 9.13 Å². The lowest BCUT2D eigenvalue weighted by Crippen LogP contribution is -1.98. The summed E-state index contributed by atoms with van der Waals surface area (Å²) < 4.78 is 4.62. The average Bonchev–Trinajstić information content (AvgIpc) is 3.84. The van der Waals surface area contributed by atoms with E-state index in [1.165, 1.54) is 16.7 Å². The molecule has 2 aromatic heterocycles. The SMILES string of the molecule is O=C1c2c(ccc3c2c2ccccc2n3-c2ccc(-c3ccccc3)cc2)-c2ccc3c(c21)c1ccccc1n3-c1cccc(-c2ccccc2)c1. The highest BCUT2D eigenvalue weighted by atomic mass is 16.1. The minimum absolute atomic E-state index is 0.0875. The quantitative estimate of drug-likeness (QED) is 0.184. The van der Waals surface area contributed by atoms with E-state index in [4.69, 9.17) is 0 Å². The normalized spacial score (nSPS) is 12.3. The molecule has 0 saturated carbocycles. The van der Waals surface area contributed by atoms with Gasteiger partial charge in [-0.3, -0.25) is 4.79 Å². The third kappa shape index (κ3) is 4.05. The van der Waals surface area contributed by atoms with Crippen LogP contribution in [-0.4, -0.2) is 14.9 Å². The molecule has 0 spiro atoms. The number of nitrogens with zero attached hydrogens (tertiary/aromatic N) is 2. The van der Waals surface area contributed by atoms with Crippen LogP contribution < -0.4 is 0 Å². The molecule has 3 heteroatoms. The predicted molar refractivity (Wildman–Crippen MR) is 215 cm³/mol. The van der Waals surface area contributed by atoms with Gasteiger partial charge in [0, 0.05) is 44.0 Å². The van der Waals surface area contributed by atoms with E-state index in [0.29, 0.717) is 0 Å². The molecular formula is C49H30N2O. The Morgan fingerprint density at radius 3 is 1.37 bits per heavy atom. The van der Waals surface area contributed by atoms with Gasteiger partial charge in [0.25, 0.3) is 0 Å². The third-order valence-electron chi connectivity index (χ3n) is 10.9. The van der Waals surface area contributed by atoms with Crippen LogP contribution in [0.1, 0.15) is 15.9 Å². The second-order valence-corrected chi connectivity index (χ2v) is 13.6. The first-order valence-electron chi connectivity index (χ1n) is 17.7. The van der Waals surface area contributed by atoms with Gasteiger partial charge >= 0.3 is 0 Å². The number of aromatic nitrogens is 2. The highest BCUT2D eigenvalue weighted by Gasteiger charge is 2.34. The molecule has 10 aromatic rings. The second kappa shape index (κ2) is 11.0. The Hall–Kier alpha value is -6.97. The first-order chi connectivity index (χ1) is 25.7. The van der Waals surface area contributed by atoms with E-state index in [1.54, 1.807) is 0 Å². The molecule has 2 heterocycles. The summed E-state index contributed by atoms with van der Waals surface area (Å²) in [5.74, 6) is 0.0875. The van der Waals surface area contributed by atoms with Gasteiger partial charge in [-0.2, -0.15) is 0 Å². The highest BCUT2D eigenvalue weighted by Crippen LogP contribution is 2.48. The summed E-state index contributed by atoms with van der Waals surface area (Å²) >= 11 is 0. The van der Waals surface area contributed by atoms with Crippen molar-refractivity contribution in [1.29, 1.82) is 0 Å². The van der Waals surface area contributed by atoms with Crippen LogP contribution in [0.3, 0.4) is 0 Å². The molecule has 0 unspecified atom stereocenters. The highest BCUT2D eigenvalue weighted by molar-refractivity contribution is 6.36. The van der Waals surface area contributed by atoms with Crippen LogP contribution in [0.15, 0.2) is 182 Å². The maximum Gasteiger partial charge on any atom is 0.195 e. The maximum atomic E-state index is 15.1. The van der Waals surface area contributed by atoms with Crippen molar-refractivity contribution in [3.8, 4) is 44.8 Å². The van der Waals surface area contributed by atoms with Crippen molar-refractivity contribution in [3.05, 3.63) is 193 Å². The summed E-state index contributed by atoms with van der Waals surface area (Å²) in [6.45, 7) is 0. The lowest BCUT2D eigenvalue weighted by Gasteiger charge is -2.11. The Bertz CT molecular complexity index is 3060. The summed E-state index contributed by atoms with van der Waals surface area (Å²) in [7, 11) is 0. The molecule has 0 bridgehead atoms. The summed E-state index contributed by atoms with van der Waals surface area (Å²) in [5.41, 5.74) is 14.6. The first kappa shape index (κ1) is 28.8. The molecule has 0 radical (unpaired) electrons. The van der Waals surface area contributed by atoms with Crippen LogP contribution in [0.2, 0.25) is 0 Å². The molecule has 3 nitrogen and oxygen atoms in total. The van der Waals surface area contributed by atoms with Crippen molar-refractivity contribution in [2.75, 3.05) is 0 Å². The van der Waals surface area contributed by atoms with Crippen LogP contribution in [0.4, 0.5) is 0 Å². The Balaban J connectivity index is 1.12.